The molecule has 25 heavy (non-hydrogen) atoms. The molecule has 4 nitrogen and oxygen atoms in total. The molecule has 0 spiro atoms. The molecule has 0 bridgehead atoms. The summed E-state index contributed by atoms with van der Waals surface area (Å²) in [6.07, 6.45) is 0. The predicted molar refractivity (Wildman–Crippen MR) is 101 cm³/mol. The van der Waals surface area contributed by atoms with Gasteiger partial charge < -0.3 is 9.80 Å². The summed E-state index contributed by atoms with van der Waals surface area (Å²) in [5.41, 5.74) is 1.06. The molecule has 3 rings (SSSR count). The van der Waals surface area contributed by atoms with Crippen LogP contribution in [-0.4, -0.2) is 35.8 Å². The van der Waals surface area contributed by atoms with Gasteiger partial charge in [-0.1, -0.05) is 40.9 Å². The number of carbonyl (C=O) groups excluding carboxylic acids is 2. The summed E-state index contributed by atoms with van der Waals surface area (Å²) in [7, 11) is 0. The van der Waals surface area contributed by atoms with Crippen LogP contribution in [0.3, 0.4) is 0 Å². The van der Waals surface area contributed by atoms with Crippen LogP contribution in [0.1, 0.15) is 17.3 Å². The summed E-state index contributed by atoms with van der Waals surface area (Å²) >= 11 is 18.1. The Bertz CT molecular complexity index is 841. The van der Waals surface area contributed by atoms with Gasteiger partial charge in [-0.3, -0.25) is 9.59 Å². The smallest absolute Gasteiger partial charge is 0.254 e. The lowest BCUT2D eigenvalue weighted by atomic mass is 10.1. The van der Waals surface area contributed by atoms with Crippen LogP contribution in [0.25, 0.3) is 0 Å². The van der Waals surface area contributed by atoms with Crippen molar-refractivity contribution in [3.8, 4) is 0 Å². The number of halogens is 3. The van der Waals surface area contributed by atoms with Crippen molar-refractivity contribution < 1.29 is 9.59 Å². The molecule has 2 aromatic rings. The fraction of sp³-hybridized carbons (Fsp3) is 0.222. The number of amides is 2. The first-order chi connectivity index (χ1) is 11.9. The Morgan fingerprint density at radius 1 is 1.04 bits per heavy atom. The molecule has 0 radical (unpaired) electrons. The zero-order valence-corrected chi connectivity index (χ0v) is 15.6. The van der Waals surface area contributed by atoms with Gasteiger partial charge in [-0.05, 0) is 43.3 Å². The van der Waals surface area contributed by atoms with Gasteiger partial charge in [-0.2, -0.15) is 0 Å². The third-order valence-electron chi connectivity index (χ3n) is 4.19. The van der Waals surface area contributed by atoms with Gasteiger partial charge in [-0.15, -0.1) is 0 Å². The summed E-state index contributed by atoms with van der Waals surface area (Å²) in [5.74, 6) is -0.406. The van der Waals surface area contributed by atoms with E-state index in [1.165, 1.54) is 0 Å². The molecule has 1 saturated heterocycles. The summed E-state index contributed by atoms with van der Waals surface area (Å²) in [6.45, 7) is 2.47. The Kier molecular flexibility index (Phi) is 5.23. The zero-order valence-electron chi connectivity index (χ0n) is 13.4. The monoisotopic (exact) mass is 396 g/mol. The van der Waals surface area contributed by atoms with E-state index in [4.69, 9.17) is 34.8 Å². The number of rotatable bonds is 2. The lowest BCUT2D eigenvalue weighted by Gasteiger charge is -2.39. The van der Waals surface area contributed by atoms with E-state index >= 15 is 0 Å². The lowest BCUT2D eigenvalue weighted by molar-refractivity contribution is -0.124. The van der Waals surface area contributed by atoms with Gasteiger partial charge in [0, 0.05) is 28.7 Å². The van der Waals surface area contributed by atoms with Gasteiger partial charge in [0.2, 0.25) is 5.91 Å². The van der Waals surface area contributed by atoms with Crippen LogP contribution in [0.5, 0.6) is 0 Å². The molecule has 1 heterocycles. The van der Waals surface area contributed by atoms with Crippen LogP contribution in [0.15, 0.2) is 42.5 Å². The van der Waals surface area contributed by atoms with Gasteiger partial charge in [0.15, 0.2) is 0 Å². The fourth-order valence-corrected chi connectivity index (χ4v) is 3.58. The standard InChI is InChI=1S/C18H15Cl3N2O2/c1-11-17(24)23(16-6-5-14(20)10-15(16)21)8-7-22(11)18(25)12-3-2-4-13(19)9-12/h2-6,9-11H,7-8H2,1H3. The fourth-order valence-electron chi connectivity index (χ4n) is 2.87. The number of carbonyl (C=O) groups is 2. The van der Waals surface area contributed by atoms with Crippen molar-refractivity contribution >= 4 is 52.3 Å². The molecule has 0 N–H and O–H groups in total. The number of hydrogen-bond donors (Lipinski definition) is 0. The molecule has 1 unspecified atom stereocenters. The number of piperazine rings is 1. The third-order valence-corrected chi connectivity index (χ3v) is 4.96. The Labute approximate surface area is 160 Å². The van der Waals surface area contributed by atoms with Gasteiger partial charge in [-0.25, -0.2) is 0 Å². The van der Waals surface area contributed by atoms with Crippen molar-refractivity contribution in [1.82, 2.24) is 4.90 Å². The highest BCUT2D eigenvalue weighted by Crippen LogP contribution is 2.31. The third kappa shape index (κ3) is 3.61. The van der Waals surface area contributed by atoms with Gasteiger partial charge >= 0.3 is 0 Å². The van der Waals surface area contributed by atoms with E-state index in [0.717, 1.165) is 0 Å². The minimum atomic E-state index is -0.605. The molecule has 0 aromatic heterocycles. The predicted octanol–water partition coefficient (Wildman–Crippen LogP) is 4.52. The SMILES string of the molecule is CC1C(=O)N(c2ccc(Cl)cc2Cl)CCN1C(=O)c1cccc(Cl)c1. The molecule has 2 aromatic carbocycles. The molecular weight excluding hydrogens is 383 g/mol. The van der Waals surface area contributed by atoms with Crippen molar-refractivity contribution in [1.29, 1.82) is 0 Å². The van der Waals surface area contributed by atoms with E-state index in [0.29, 0.717) is 39.4 Å². The molecule has 1 aliphatic rings. The lowest BCUT2D eigenvalue weighted by Crippen LogP contribution is -2.57. The number of nitrogens with zero attached hydrogens (tertiary/aromatic N) is 2. The Balaban J connectivity index is 1.83. The highest BCUT2D eigenvalue weighted by molar-refractivity contribution is 6.36. The first-order valence-electron chi connectivity index (χ1n) is 7.71. The molecule has 0 aliphatic carbocycles. The number of benzene rings is 2. The molecule has 1 atom stereocenters. The molecule has 0 saturated carbocycles. The van der Waals surface area contributed by atoms with E-state index < -0.39 is 6.04 Å². The first-order valence-corrected chi connectivity index (χ1v) is 8.85. The van der Waals surface area contributed by atoms with Crippen LogP contribution in [0, 0.1) is 0 Å². The second-order valence-electron chi connectivity index (χ2n) is 5.77. The van der Waals surface area contributed by atoms with E-state index in [1.54, 1.807) is 59.2 Å². The van der Waals surface area contributed by atoms with E-state index in [2.05, 4.69) is 0 Å². The van der Waals surface area contributed by atoms with E-state index in [-0.39, 0.29) is 11.8 Å². The topological polar surface area (TPSA) is 40.6 Å². The van der Waals surface area contributed by atoms with Crippen molar-refractivity contribution in [2.75, 3.05) is 18.0 Å². The van der Waals surface area contributed by atoms with E-state index in [9.17, 15) is 9.59 Å². The normalized spacial score (nSPS) is 17.8. The van der Waals surface area contributed by atoms with Crippen molar-refractivity contribution in [2.24, 2.45) is 0 Å². The molecule has 1 aliphatic heterocycles. The van der Waals surface area contributed by atoms with Gasteiger partial charge in [0.1, 0.15) is 6.04 Å². The number of hydrogen-bond acceptors (Lipinski definition) is 2. The minimum absolute atomic E-state index is 0.189. The summed E-state index contributed by atoms with van der Waals surface area (Å²) in [5, 5.41) is 1.39. The Morgan fingerprint density at radius 2 is 1.76 bits per heavy atom. The minimum Gasteiger partial charge on any atom is -0.325 e. The van der Waals surface area contributed by atoms with Gasteiger partial charge in [0.05, 0.1) is 10.7 Å². The van der Waals surface area contributed by atoms with Crippen LogP contribution < -0.4 is 4.90 Å². The van der Waals surface area contributed by atoms with Crippen LogP contribution >= 0.6 is 34.8 Å². The summed E-state index contributed by atoms with van der Waals surface area (Å²) in [6, 6.07) is 11.1. The molecule has 2 amide bonds. The molecule has 7 heteroatoms. The quantitative estimate of drug-likeness (QED) is 0.747. The van der Waals surface area contributed by atoms with Crippen LogP contribution in [-0.2, 0) is 4.79 Å². The second-order valence-corrected chi connectivity index (χ2v) is 7.05. The maximum absolute atomic E-state index is 12.8. The highest BCUT2D eigenvalue weighted by atomic mass is 35.5. The van der Waals surface area contributed by atoms with E-state index in [1.807, 2.05) is 0 Å². The Hall–Kier alpha value is -1.75. The summed E-state index contributed by atoms with van der Waals surface area (Å²) < 4.78 is 0. The average Bonchev–Trinajstić information content (AvgIpc) is 2.57. The maximum Gasteiger partial charge on any atom is 0.254 e. The summed E-state index contributed by atoms with van der Waals surface area (Å²) in [4.78, 5) is 28.6. The van der Waals surface area contributed by atoms with Crippen LogP contribution in [0.2, 0.25) is 15.1 Å². The molecule has 1 fully saturated rings. The van der Waals surface area contributed by atoms with Gasteiger partial charge in [0.25, 0.3) is 5.91 Å². The van der Waals surface area contributed by atoms with Crippen LogP contribution in [0.4, 0.5) is 5.69 Å². The molecular formula is C18H15Cl3N2O2. The van der Waals surface area contributed by atoms with Crippen molar-refractivity contribution in [3.63, 3.8) is 0 Å². The molecule has 130 valence electrons. The average molecular weight is 398 g/mol. The largest absolute Gasteiger partial charge is 0.325 e. The zero-order chi connectivity index (χ0) is 18.1. The maximum atomic E-state index is 12.8. The van der Waals surface area contributed by atoms with Crippen molar-refractivity contribution in [3.05, 3.63) is 63.1 Å². The van der Waals surface area contributed by atoms with Crippen molar-refractivity contribution in [2.45, 2.75) is 13.0 Å². The second kappa shape index (κ2) is 7.24. The Morgan fingerprint density at radius 3 is 2.44 bits per heavy atom. The highest BCUT2D eigenvalue weighted by Gasteiger charge is 2.36. The number of anilines is 1. The first kappa shape index (κ1) is 18.1.